The molecule has 1 fully saturated rings. The Bertz CT molecular complexity index is 451. The number of hydrogen-bond acceptors (Lipinski definition) is 1. The monoisotopic (exact) mass is 281 g/mol. The van der Waals surface area contributed by atoms with Crippen LogP contribution in [-0.4, -0.2) is 12.1 Å². The molecule has 20 heavy (non-hydrogen) atoms. The van der Waals surface area contributed by atoms with Crippen LogP contribution in [0.5, 0.6) is 0 Å². The smallest absolute Gasteiger partial charge is 0.126 e. The van der Waals surface area contributed by atoms with Gasteiger partial charge >= 0.3 is 0 Å². The van der Waals surface area contributed by atoms with Crippen molar-refractivity contribution < 1.29 is 8.78 Å². The Balaban J connectivity index is 1.99. The summed E-state index contributed by atoms with van der Waals surface area (Å²) in [6, 6.07) is 3.77. The molecule has 0 bridgehead atoms. The average Bonchev–Trinajstić information content (AvgIpc) is 2.78. The van der Waals surface area contributed by atoms with Gasteiger partial charge in [-0.1, -0.05) is 6.42 Å². The predicted molar refractivity (Wildman–Crippen MR) is 78.6 cm³/mol. The Morgan fingerprint density at radius 3 is 2.55 bits per heavy atom. The summed E-state index contributed by atoms with van der Waals surface area (Å²) in [6.45, 7) is 7.43. The van der Waals surface area contributed by atoms with E-state index in [0.717, 1.165) is 13.0 Å². The van der Waals surface area contributed by atoms with Crippen LogP contribution < -0.4 is 5.32 Å². The van der Waals surface area contributed by atoms with Crippen LogP contribution in [0, 0.1) is 23.5 Å². The van der Waals surface area contributed by atoms with E-state index in [2.05, 4.69) is 26.1 Å². The molecule has 2 rings (SSSR count). The normalized spacial score (nSPS) is 23.2. The minimum atomic E-state index is -0.344. The highest BCUT2D eigenvalue weighted by Crippen LogP contribution is 2.34. The Labute approximate surface area is 120 Å². The van der Waals surface area contributed by atoms with E-state index in [1.54, 1.807) is 0 Å². The fourth-order valence-electron chi connectivity index (χ4n) is 3.07. The molecule has 0 amide bonds. The van der Waals surface area contributed by atoms with Gasteiger partial charge in [0, 0.05) is 5.54 Å². The van der Waals surface area contributed by atoms with Crippen LogP contribution in [0.15, 0.2) is 18.2 Å². The highest BCUT2D eigenvalue weighted by molar-refractivity contribution is 5.19. The molecule has 0 aliphatic heterocycles. The van der Waals surface area contributed by atoms with Crippen LogP contribution in [0.2, 0.25) is 0 Å². The van der Waals surface area contributed by atoms with Crippen LogP contribution in [0.4, 0.5) is 8.78 Å². The molecular formula is C17H25F2N. The second-order valence-electron chi connectivity index (χ2n) is 7.02. The van der Waals surface area contributed by atoms with E-state index in [9.17, 15) is 8.78 Å². The summed E-state index contributed by atoms with van der Waals surface area (Å²) in [5.41, 5.74) is 0.634. The molecule has 1 aromatic rings. The highest BCUT2D eigenvalue weighted by Gasteiger charge is 2.28. The molecule has 0 saturated heterocycles. The van der Waals surface area contributed by atoms with Crippen molar-refractivity contribution in [2.75, 3.05) is 6.54 Å². The second kappa shape index (κ2) is 6.21. The molecule has 2 unspecified atom stereocenters. The highest BCUT2D eigenvalue weighted by atomic mass is 19.1. The molecule has 0 aromatic heterocycles. The molecule has 1 saturated carbocycles. The lowest BCUT2D eigenvalue weighted by molar-refractivity contribution is 0.315. The van der Waals surface area contributed by atoms with Crippen molar-refractivity contribution in [1.82, 2.24) is 5.32 Å². The molecule has 0 radical (unpaired) electrons. The van der Waals surface area contributed by atoms with Crippen molar-refractivity contribution in [3.8, 4) is 0 Å². The first-order valence-corrected chi connectivity index (χ1v) is 7.54. The lowest BCUT2D eigenvalue weighted by Gasteiger charge is -2.26. The number of benzene rings is 1. The minimum Gasteiger partial charge on any atom is -0.312 e. The molecule has 1 N–H and O–H groups in total. The number of hydrogen-bond donors (Lipinski definition) is 1. The Kier molecular flexibility index (Phi) is 4.79. The number of rotatable bonds is 4. The van der Waals surface area contributed by atoms with Gasteiger partial charge in [-0.05, 0) is 82.2 Å². The quantitative estimate of drug-likeness (QED) is 0.867. The van der Waals surface area contributed by atoms with E-state index < -0.39 is 0 Å². The molecule has 0 heterocycles. The minimum absolute atomic E-state index is 0.108. The predicted octanol–water partition coefficient (Wildman–Crippen LogP) is 4.31. The number of nitrogens with one attached hydrogen (secondary N) is 1. The summed E-state index contributed by atoms with van der Waals surface area (Å²) < 4.78 is 27.0. The van der Waals surface area contributed by atoms with Crippen LogP contribution in [0.3, 0.4) is 0 Å². The summed E-state index contributed by atoms with van der Waals surface area (Å²) >= 11 is 0. The average molecular weight is 281 g/mol. The van der Waals surface area contributed by atoms with Crippen molar-refractivity contribution in [2.45, 2.75) is 52.0 Å². The van der Waals surface area contributed by atoms with Crippen LogP contribution in [-0.2, 0) is 6.42 Å². The third-order valence-corrected chi connectivity index (χ3v) is 4.20. The number of halogens is 2. The van der Waals surface area contributed by atoms with E-state index in [1.165, 1.54) is 31.0 Å². The first-order chi connectivity index (χ1) is 9.35. The van der Waals surface area contributed by atoms with Crippen LogP contribution in [0.25, 0.3) is 0 Å². The molecule has 2 atom stereocenters. The van der Waals surface area contributed by atoms with Crippen molar-refractivity contribution >= 4 is 0 Å². The van der Waals surface area contributed by atoms with E-state index in [-0.39, 0.29) is 17.2 Å². The second-order valence-corrected chi connectivity index (χ2v) is 7.02. The van der Waals surface area contributed by atoms with Gasteiger partial charge in [-0.2, -0.15) is 0 Å². The fraction of sp³-hybridized carbons (Fsp3) is 0.647. The van der Waals surface area contributed by atoms with Crippen molar-refractivity contribution in [1.29, 1.82) is 0 Å². The van der Waals surface area contributed by atoms with Gasteiger partial charge in [0.1, 0.15) is 11.6 Å². The zero-order valence-corrected chi connectivity index (χ0v) is 12.7. The van der Waals surface area contributed by atoms with Gasteiger partial charge in [-0.15, -0.1) is 0 Å². The summed E-state index contributed by atoms with van der Waals surface area (Å²) in [7, 11) is 0. The van der Waals surface area contributed by atoms with Gasteiger partial charge < -0.3 is 5.32 Å². The Morgan fingerprint density at radius 1 is 1.15 bits per heavy atom. The largest absolute Gasteiger partial charge is 0.312 e. The molecule has 1 aromatic carbocycles. The molecule has 1 aliphatic carbocycles. The molecule has 1 aliphatic rings. The van der Waals surface area contributed by atoms with Gasteiger partial charge in [0.2, 0.25) is 0 Å². The first-order valence-electron chi connectivity index (χ1n) is 7.54. The standard InChI is InChI=1S/C17H25F2N/c1-17(2,3)20-11-13-6-4-5-12(13)9-14-10-15(18)7-8-16(14)19/h7-8,10,12-13,20H,4-6,9,11H2,1-3H3. The lowest BCUT2D eigenvalue weighted by atomic mass is 9.89. The zero-order valence-electron chi connectivity index (χ0n) is 12.7. The summed E-state index contributed by atoms with van der Waals surface area (Å²) in [5.74, 6) is 0.405. The van der Waals surface area contributed by atoms with Gasteiger partial charge in [0.15, 0.2) is 0 Å². The lowest BCUT2D eigenvalue weighted by Crippen LogP contribution is -2.40. The van der Waals surface area contributed by atoms with Gasteiger partial charge in [-0.3, -0.25) is 0 Å². The Hall–Kier alpha value is -0.960. The molecule has 112 valence electrons. The summed E-state index contributed by atoms with van der Waals surface area (Å²) in [5, 5.41) is 3.54. The third-order valence-electron chi connectivity index (χ3n) is 4.20. The topological polar surface area (TPSA) is 12.0 Å². The van der Waals surface area contributed by atoms with E-state index in [4.69, 9.17) is 0 Å². The van der Waals surface area contributed by atoms with E-state index in [1.807, 2.05) is 0 Å². The Morgan fingerprint density at radius 2 is 1.85 bits per heavy atom. The van der Waals surface area contributed by atoms with Crippen molar-refractivity contribution in [3.05, 3.63) is 35.4 Å². The zero-order chi connectivity index (χ0) is 14.8. The van der Waals surface area contributed by atoms with Crippen molar-refractivity contribution in [2.24, 2.45) is 11.8 Å². The van der Waals surface area contributed by atoms with E-state index >= 15 is 0 Å². The maximum atomic E-state index is 13.7. The maximum Gasteiger partial charge on any atom is 0.126 e. The van der Waals surface area contributed by atoms with Gasteiger partial charge in [0.25, 0.3) is 0 Å². The first kappa shape index (κ1) is 15.4. The fourth-order valence-corrected chi connectivity index (χ4v) is 3.07. The molecule has 0 spiro atoms. The SMILES string of the molecule is CC(C)(C)NCC1CCCC1Cc1cc(F)ccc1F. The summed E-state index contributed by atoms with van der Waals surface area (Å²) in [4.78, 5) is 0. The van der Waals surface area contributed by atoms with E-state index in [0.29, 0.717) is 23.8 Å². The van der Waals surface area contributed by atoms with Gasteiger partial charge in [-0.25, -0.2) is 8.78 Å². The van der Waals surface area contributed by atoms with Crippen molar-refractivity contribution in [3.63, 3.8) is 0 Å². The molecule has 1 nitrogen and oxygen atoms in total. The van der Waals surface area contributed by atoms with Gasteiger partial charge in [0.05, 0.1) is 0 Å². The summed E-state index contributed by atoms with van der Waals surface area (Å²) in [6.07, 6.45) is 4.15. The third kappa shape index (κ3) is 4.27. The molecule has 3 heteroatoms. The van der Waals surface area contributed by atoms with Crippen LogP contribution >= 0.6 is 0 Å². The maximum absolute atomic E-state index is 13.7. The molecular weight excluding hydrogens is 256 g/mol. The van der Waals surface area contributed by atoms with Crippen LogP contribution in [0.1, 0.15) is 45.6 Å².